The third-order valence-electron chi connectivity index (χ3n) is 3.03. The van der Waals surface area contributed by atoms with Crippen molar-refractivity contribution in [2.24, 2.45) is 0 Å². The Morgan fingerprint density at radius 3 is 2.84 bits per heavy atom. The second kappa shape index (κ2) is 5.26. The van der Waals surface area contributed by atoms with Gasteiger partial charge >= 0.3 is 0 Å². The Hall–Kier alpha value is -2.10. The molecule has 0 atom stereocenters. The molecule has 2 aromatic rings. The lowest BCUT2D eigenvalue weighted by Crippen LogP contribution is -2.41. The Bertz CT molecular complexity index is 578. The molecule has 0 aliphatic carbocycles. The summed E-state index contributed by atoms with van der Waals surface area (Å²) in [7, 11) is 0. The first-order chi connectivity index (χ1) is 9.00. The average molecular weight is 258 g/mol. The van der Waals surface area contributed by atoms with Gasteiger partial charge in [-0.1, -0.05) is 19.1 Å². The molecule has 1 N–H and O–H groups in total. The van der Waals surface area contributed by atoms with Crippen LogP contribution in [0.5, 0.6) is 0 Å². The van der Waals surface area contributed by atoms with Gasteiger partial charge in [-0.2, -0.15) is 0 Å². The quantitative estimate of drug-likeness (QED) is 0.857. The maximum absolute atomic E-state index is 11.7. The second-order valence-electron chi connectivity index (χ2n) is 5.08. The largest absolute Gasteiger partial charge is 0.437 e. The summed E-state index contributed by atoms with van der Waals surface area (Å²) in [5.41, 5.74) is 1.30. The zero-order chi connectivity index (χ0) is 13.9. The van der Waals surface area contributed by atoms with Crippen LogP contribution in [-0.4, -0.2) is 16.4 Å². The summed E-state index contributed by atoms with van der Waals surface area (Å²) < 4.78 is 5.50. The van der Waals surface area contributed by atoms with Gasteiger partial charge < -0.3 is 9.73 Å². The molecule has 1 heterocycles. The van der Waals surface area contributed by atoms with Crippen molar-refractivity contribution in [3.8, 4) is 0 Å². The molecule has 1 aromatic heterocycles. The van der Waals surface area contributed by atoms with Gasteiger partial charge in [0, 0.05) is 17.7 Å². The topological polar surface area (TPSA) is 55.1 Å². The van der Waals surface area contributed by atoms with Gasteiger partial charge in [-0.15, -0.1) is 0 Å². The van der Waals surface area contributed by atoms with Crippen molar-refractivity contribution in [1.29, 1.82) is 0 Å². The number of benzene rings is 1. The van der Waals surface area contributed by atoms with E-state index in [1.807, 2.05) is 45.0 Å². The lowest BCUT2D eigenvalue weighted by Gasteiger charge is -2.23. The van der Waals surface area contributed by atoms with Crippen molar-refractivity contribution in [3.63, 3.8) is 0 Å². The van der Waals surface area contributed by atoms with Crippen LogP contribution in [0.3, 0.4) is 0 Å². The standard InChI is InChI=1S/C15H18N2O2/c1-4-15(2,3)17-13(18)9-10-14-16-11-7-5-6-8-12(11)19-14/h5-10H,4H2,1-3H3,(H,17,18)/b10-9+. The van der Waals surface area contributed by atoms with Crippen molar-refractivity contribution in [1.82, 2.24) is 10.3 Å². The first-order valence-corrected chi connectivity index (χ1v) is 6.36. The summed E-state index contributed by atoms with van der Waals surface area (Å²) in [6.07, 6.45) is 3.90. The number of carbonyl (C=O) groups is 1. The number of aromatic nitrogens is 1. The van der Waals surface area contributed by atoms with E-state index in [-0.39, 0.29) is 11.4 Å². The SMILES string of the molecule is CCC(C)(C)NC(=O)/C=C/c1nc2ccccc2o1. The van der Waals surface area contributed by atoms with E-state index in [0.29, 0.717) is 5.89 Å². The molecule has 0 spiro atoms. The Morgan fingerprint density at radius 1 is 1.42 bits per heavy atom. The maximum Gasteiger partial charge on any atom is 0.244 e. The van der Waals surface area contributed by atoms with Gasteiger partial charge in [0.25, 0.3) is 0 Å². The zero-order valence-electron chi connectivity index (χ0n) is 11.4. The molecular formula is C15H18N2O2. The number of carbonyl (C=O) groups excluding carboxylic acids is 1. The lowest BCUT2D eigenvalue weighted by molar-refractivity contribution is -0.118. The molecule has 0 aliphatic rings. The smallest absolute Gasteiger partial charge is 0.244 e. The van der Waals surface area contributed by atoms with Crippen LogP contribution >= 0.6 is 0 Å². The number of amides is 1. The number of rotatable bonds is 4. The van der Waals surface area contributed by atoms with Crippen LogP contribution in [0.2, 0.25) is 0 Å². The van der Waals surface area contributed by atoms with Crippen molar-refractivity contribution in [2.45, 2.75) is 32.7 Å². The number of nitrogens with zero attached hydrogens (tertiary/aromatic N) is 1. The molecule has 4 nitrogen and oxygen atoms in total. The summed E-state index contributed by atoms with van der Waals surface area (Å²) in [6.45, 7) is 6.00. The van der Waals surface area contributed by atoms with Gasteiger partial charge in [-0.3, -0.25) is 4.79 Å². The van der Waals surface area contributed by atoms with Crippen molar-refractivity contribution in [3.05, 3.63) is 36.2 Å². The zero-order valence-corrected chi connectivity index (χ0v) is 11.4. The van der Waals surface area contributed by atoms with E-state index in [0.717, 1.165) is 17.5 Å². The van der Waals surface area contributed by atoms with Crippen LogP contribution in [-0.2, 0) is 4.79 Å². The highest BCUT2D eigenvalue weighted by Crippen LogP contribution is 2.15. The van der Waals surface area contributed by atoms with Crippen molar-refractivity contribution in [2.75, 3.05) is 0 Å². The van der Waals surface area contributed by atoms with Crippen LogP contribution in [0.1, 0.15) is 33.1 Å². The van der Waals surface area contributed by atoms with Gasteiger partial charge in [0.2, 0.25) is 11.8 Å². The first-order valence-electron chi connectivity index (χ1n) is 6.36. The minimum Gasteiger partial charge on any atom is -0.437 e. The fraction of sp³-hybridized carbons (Fsp3) is 0.333. The molecule has 19 heavy (non-hydrogen) atoms. The monoisotopic (exact) mass is 258 g/mol. The van der Waals surface area contributed by atoms with Crippen LogP contribution in [0, 0.1) is 0 Å². The minimum absolute atomic E-state index is 0.144. The molecule has 4 heteroatoms. The highest BCUT2D eigenvalue weighted by atomic mass is 16.3. The van der Waals surface area contributed by atoms with E-state index in [1.165, 1.54) is 6.08 Å². The predicted molar refractivity (Wildman–Crippen MR) is 75.6 cm³/mol. The molecular weight excluding hydrogens is 240 g/mol. The van der Waals surface area contributed by atoms with E-state index in [2.05, 4.69) is 10.3 Å². The number of oxazole rings is 1. The van der Waals surface area contributed by atoms with Gasteiger partial charge in [-0.25, -0.2) is 4.98 Å². The predicted octanol–water partition coefficient (Wildman–Crippen LogP) is 3.15. The summed E-state index contributed by atoms with van der Waals surface area (Å²) in [6, 6.07) is 7.50. The highest BCUT2D eigenvalue weighted by molar-refractivity contribution is 5.92. The van der Waals surface area contributed by atoms with Gasteiger partial charge in [0.15, 0.2) is 5.58 Å². The Kier molecular flexibility index (Phi) is 3.69. The Morgan fingerprint density at radius 2 is 2.16 bits per heavy atom. The van der Waals surface area contributed by atoms with Crippen LogP contribution in [0.15, 0.2) is 34.8 Å². The molecule has 0 saturated carbocycles. The Balaban J connectivity index is 2.08. The van der Waals surface area contributed by atoms with Gasteiger partial charge in [-0.05, 0) is 32.4 Å². The maximum atomic E-state index is 11.7. The third kappa shape index (κ3) is 3.44. The summed E-state index contributed by atoms with van der Waals surface area (Å²) in [5.74, 6) is 0.291. The molecule has 0 radical (unpaired) electrons. The molecule has 0 aliphatic heterocycles. The fourth-order valence-electron chi connectivity index (χ4n) is 1.57. The fourth-order valence-corrected chi connectivity index (χ4v) is 1.57. The highest BCUT2D eigenvalue weighted by Gasteiger charge is 2.16. The van der Waals surface area contributed by atoms with E-state index in [9.17, 15) is 4.79 Å². The van der Waals surface area contributed by atoms with Gasteiger partial charge in [0.05, 0.1) is 0 Å². The molecule has 1 amide bonds. The summed E-state index contributed by atoms with van der Waals surface area (Å²) >= 11 is 0. The first kappa shape index (κ1) is 13.3. The normalized spacial score (nSPS) is 12.2. The molecule has 0 saturated heterocycles. The minimum atomic E-state index is -0.206. The Labute approximate surface area is 112 Å². The third-order valence-corrected chi connectivity index (χ3v) is 3.03. The van der Waals surface area contributed by atoms with Crippen LogP contribution < -0.4 is 5.32 Å². The molecule has 2 rings (SSSR count). The molecule has 0 fully saturated rings. The average Bonchev–Trinajstić information content (AvgIpc) is 2.78. The molecule has 100 valence electrons. The molecule has 1 aromatic carbocycles. The second-order valence-corrected chi connectivity index (χ2v) is 5.08. The van der Waals surface area contributed by atoms with E-state index in [4.69, 9.17) is 4.42 Å². The van der Waals surface area contributed by atoms with Crippen molar-refractivity contribution < 1.29 is 9.21 Å². The van der Waals surface area contributed by atoms with Crippen LogP contribution in [0.25, 0.3) is 17.2 Å². The molecule has 0 bridgehead atoms. The summed E-state index contributed by atoms with van der Waals surface area (Å²) in [4.78, 5) is 16.0. The van der Waals surface area contributed by atoms with Crippen LogP contribution in [0.4, 0.5) is 0 Å². The number of nitrogens with one attached hydrogen (secondary N) is 1. The number of fused-ring (bicyclic) bond motifs is 1. The number of hydrogen-bond donors (Lipinski definition) is 1. The van der Waals surface area contributed by atoms with E-state index < -0.39 is 0 Å². The number of para-hydroxylation sites is 2. The molecule has 0 unspecified atom stereocenters. The van der Waals surface area contributed by atoms with Gasteiger partial charge in [0.1, 0.15) is 5.52 Å². The summed E-state index contributed by atoms with van der Waals surface area (Å²) in [5, 5.41) is 2.91. The van der Waals surface area contributed by atoms with E-state index in [1.54, 1.807) is 6.08 Å². The van der Waals surface area contributed by atoms with Crippen molar-refractivity contribution >= 4 is 23.1 Å². The van der Waals surface area contributed by atoms with E-state index >= 15 is 0 Å². The lowest BCUT2D eigenvalue weighted by atomic mass is 10.0. The number of hydrogen-bond acceptors (Lipinski definition) is 3.